The summed E-state index contributed by atoms with van der Waals surface area (Å²) in [6, 6.07) is 13.0. The fourth-order valence-corrected chi connectivity index (χ4v) is 5.48. The van der Waals surface area contributed by atoms with Gasteiger partial charge in [0.2, 0.25) is 17.6 Å². The van der Waals surface area contributed by atoms with Crippen LogP contribution in [0.5, 0.6) is 0 Å². The summed E-state index contributed by atoms with van der Waals surface area (Å²) in [5, 5.41) is -0.194. The Bertz CT molecular complexity index is 1350. The van der Waals surface area contributed by atoms with E-state index in [9.17, 15) is 18.8 Å². The molecule has 164 valence electrons. The molecule has 1 aromatic heterocycles. The summed E-state index contributed by atoms with van der Waals surface area (Å²) in [4.78, 5) is 43.7. The van der Waals surface area contributed by atoms with Crippen molar-refractivity contribution >= 4 is 41.0 Å². The fraction of sp³-hybridized carbons (Fsp3) is 0.160. The number of hydrogen-bond acceptors (Lipinski definition) is 5. The van der Waals surface area contributed by atoms with Crippen LogP contribution in [0.1, 0.15) is 27.7 Å². The molecular formula is C25H16ClFN2O4. The molecule has 3 aliphatic rings. The number of benzene rings is 2. The summed E-state index contributed by atoms with van der Waals surface area (Å²) in [5.41, 5.74) is 1.97. The van der Waals surface area contributed by atoms with Gasteiger partial charge in [0.1, 0.15) is 11.9 Å². The monoisotopic (exact) mass is 462 g/mol. The third-order valence-corrected chi connectivity index (χ3v) is 6.95. The van der Waals surface area contributed by atoms with Crippen molar-refractivity contribution in [1.82, 2.24) is 4.90 Å². The second-order valence-electron chi connectivity index (χ2n) is 8.28. The zero-order valence-electron chi connectivity index (χ0n) is 17.0. The highest BCUT2D eigenvalue weighted by atomic mass is 35.5. The van der Waals surface area contributed by atoms with Gasteiger partial charge < -0.3 is 9.32 Å². The number of rotatable bonds is 3. The van der Waals surface area contributed by atoms with E-state index in [1.165, 1.54) is 18.4 Å². The highest BCUT2D eigenvalue weighted by Crippen LogP contribution is 2.53. The van der Waals surface area contributed by atoms with Gasteiger partial charge >= 0.3 is 0 Å². The third-order valence-electron chi connectivity index (χ3n) is 6.66. The standard InChI is InChI=1S/C25H16ClFN2O4/c26-16-12-14(7-8-17(16)27)29-24(31)19-20(25(29)32)22(23(30)18-6-3-11-33-18)28-10-9-13-4-1-2-5-15(13)21(19)28/h1-12,19-22H/t19-,20-,21+,22+/m1/s1. The van der Waals surface area contributed by atoms with Crippen LogP contribution in [0.15, 0.2) is 71.5 Å². The van der Waals surface area contributed by atoms with E-state index < -0.39 is 41.6 Å². The largest absolute Gasteiger partial charge is 0.461 e. The van der Waals surface area contributed by atoms with Crippen molar-refractivity contribution in [3.8, 4) is 0 Å². The van der Waals surface area contributed by atoms with Gasteiger partial charge in [-0.05, 0) is 47.5 Å². The van der Waals surface area contributed by atoms with E-state index >= 15 is 0 Å². The second-order valence-corrected chi connectivity index (χ2v) is 8.69. The highest BCUT2D eigenvalue weighted by molar-refractivity contribution is 6.31. The molecule has 4 heterocycles. The molecule has 2 fully saturated rings. The van der Waals surface area contributed by atoms with Gasteiger partial charge in [0, 0.05) is 6.20 Å². The Hall–Kier alpha value is -3.71. The highest BCUT2D eigenvalue weighted by Gasteiger charge is 2.64. The number of carbonyl (C=O) groups excluding carboxylic acids is 3. The summed E-state index contributed by atoms with van der Waals surface area (Å²) in [6.07, 6.45) is 5.05. The number of fused-ring (bicyclic) bond motifs is 5. The van der Waals surface area contributed by atoms with Gasteiger partial charge in [0.25, 0.3) is 0 Å². The van der Waals surface area contributed by atoms with Crippen molar-refractivity contribution in [3.63, 3.8) is 0 Å². The van der Waals surface area contributed by atoms with Crippen molar-refractivity contribution < 1.29 is 23.2 Å². The molecule has 0 saturated carbocycles. The Balaban J connectivity index is 1.51. The molecule has 0 aliphatic carbocycles. The molecule has 2 aromatic carbocycles. The normalized spacial score (nSPS) is 25.3. The maximum atomic E-state index is 13.7. The predicted octanol–water partition coefficient (Wildman–Crippen LogP) is 4.47. The fourth-order valence-electron chi connectivity index (χ4n) is 5.30. The summed E-state index contributed by atoms with van der Waals surface area (Å²) >= 11 is 5.92. The van der Waals surface area contributed by atoms with Gasteiger partial charge in [-0.1, -0.05) is 35.9 Å². The van der Waals surface area contributed by atoms with Crippen LogP contribution in [0, 0.1) is 17.7 Å². The summed E-state index contributed by atoms with van der Waals surface area (Å²) in [5.74, 6) is -3.59. The number of ketones is 1. The average molecular weight is 463 g/mol. The van der Waals surface area contributed by atoms with E-state index in [4.69, 9.17) is 16.0 Å². The van der Waals surface area contributed by atoms with Crippen molar-refractivity contribution in [2.24, 2.45) is 11.8 Å². The van der Waals surface area contributed by atoms with E-state index in [1.807, 2.05) is 30.3 Å². The molecule has 6 nitrogen and oxygen atoms in total. The number of halogens is 2. The molecule has 2 amide bonds. The Labute approximate surface area is 192 Å². The lowest BCUT2D eigenvalue weighted by Gasteiger charge is -2.35. The van der Waals surface area contributed by atoms with Crippen LogP contribution in [0.3, 0.4) is 0 Å². The molecule has 4 atom stereocenters. The van der Waals surface area contributed by atoms with E-state index in [-0.39, 0.29) is 22.3 Å². The molecule has 0 N–H and O–H groups in total. The first-order valence-electron chi connectivity index (χ1n) is 10.4. The Morgan fingerprint density at radius 1 is 1.00 bits per heavy atom. The van der Waals surface area contributed by atoms with E-state index in [1.54, 1.807) is 23.2 Å². The number of carbonyl (C=O) groups is 3. The molecule has 3 aromatic rings. The predicted molar refractivity (Wildman–Crippen MR) is 118 cm³/mol. The minimum Gasteiger partial charge on any atom is -0.461 e. The second kappa shape index (κ2) is 7.15. The summed E-state index contributed by atoms with van der Waals surface area (Å²) < 4.78 is 19.1. The SMILES string of the molecule is O=C(c1ccco1)[C@@H]1[C@@H]2C(=O)N(c3ccc(F)c(Cl)c3)C(=O)[C@H]2[C@@H]2c3ccccc3C=CN12. The summed E-state index contributed by atoms with van der Waals surface area (Å²) in [6.45, 7) is 0. The molecule has 0 bridgehead atoms. The smallest absolute Gasteiger partial charge is 0.240 e. The van der Waals surface area contributed by atoms with Crippen LogP contribution >= 0.6 is 11.6 Å². The maximum Gasteiger partial charge on any atom is 0.240 e. The van der Waals surface area contributed by atoms with E-state index in [0.29, 0.717) is 0 Å². The first kappa shape index (κ1) is 19.9. The van der Waals surface area contributed by atoms with Gasteiger partial charge in [0.15, 0.2) is 5.76 Å². The number of hydrogen-bond donors (Lipinski definition) is 0. The molecule has 2 saturated heterocycles. The topological polar surface area (TPSA) is 70.8 Å². The number of nitrogens with zero attached hydrogens (tertiary/aromatic N) is 2. The zero-order chi connectivity index (χ0) is 22.9. The molecule has 3 aliphatic heterocycles. The lowest BCUT2D eigenvalue weighted by Crippen LogP contribution is -2.44. The van der Waals surface area contributed by atoms with Gasteiger partial charge in [-0.3, -0.25) is 14.4 Å². The van der Waals surface area contributed by atoms with Gasteiger partial charge in [-0.2, -0.15) is 0 Å². The van der Waals surface area contributed by atoms with Crippen molar-refractivity contribution in [2.75, 3.05) is 4.90 Å². The van der Waals surface area contributed by atoms with Crippen LogP contribution in [0.25, 0.3) is 6.08 Å². The lowest BCUT2D eigenvalue weighted by molar-refractivity contribution is -0.123. The summed E-state index contributed by atoms with van der Waals surface area (Å²) in [7, 11) is 0. The average Bonchev–Trinajstić information content (AvgIpc) is 3.52. The van der Waals surface area contributed by atoms with Crippen molar-refractivity contribution in [2.45, 2.75) is 12.1 Å². The molecular weight excluding hydrogens is 447 g/mol. The van der Waals surface area contributed by atoms with Crippen LogP contribution in [0.2, 0.25) is 5.02 Å². The first-order valence-corrected chi connectivity index (χ1v) is 10.8. The van der Waals surface area contributed by atoms with Crippen LogP contribution in [-0.4, -0.2) is 28.5 Å². The Kier molecular flexibility index (Phi) is 4.32. The Morgan fingerprint density at radius 2 is 1.79 bits per heavy atom. The van der Waals surface area contributed by atoms with Gasteiger partial charge in [0.05, 0.1) is 34.9 Å². The van der Waals surface area contributed by atoms with E-state index in [2.05, 4.69) is 0 Å². The molecule has 8 heteroatoms. The van der Waals surface area contributed by atoms with Gasteiger partial charge in [-0.25, -0.2) is 9.29 Å². The lowest BCUT2D eigenvalue weighted by atomic mass is 9.84. The van der Waals surface area contributed by atoms with Crippen LogP contribution in [-0.2, 0) is 9.59 Å². The number of amides is 2. The minimum absolute atomic E-state index is 0.121. The number of Topliss-reactive ketones (excluding diaryl/α,β-unsaturated/α-hetero) is 1. The Morgan fingerprint density at radius 3 is 2.55 bits per heavy atom. The van der Waals surface area contributed by atoms with Crippen LogP contribution < -0.4 is 4.90 Å². The van der Waals surface area contributed by atoms with Crippen molar-refractivity contribution in [1.29, 1.82) is 0 Å². The zero-order valence-corrected chi connectivity index (χ0v) is 17.8. The maximum absolute atomic E-state index is 13.7. The van der Waals surface area contributed by atoms with Crippen LogP contribution in [0.4, 0.5) is 10.1 Å². The molecule has 0 radical (unpaired) electrons. The molecule has 6 rings (SSSR count). The van der Waals surface area contributed by atoms with E-state index in [0.717, 1.165) is 22.1 Å². The minimum atomic E-state index is -0.931. The quantitative estimate of drug-likeness (QED) is 0.424. The van der Waals surface area contributed by atoms with Crippen molar-refractivity contribution in [3.05, 3.63) is 94.8 Å². The molecule has 0 spiro atoms. The number of furan rings is 1. The van der Waals surface area contributed by atoms with Gasteiger partial charge in [-0.15, -0.1) is 0 Å². The third kappa shape index (κ3) is 2.75. The molecule has 33 heavy (non-hydrogen) atoms. The number of anilines is 1. The number of imide groups is 1. The first-order chi connectivity index (χ1) is 16.0. The molecule has 0 unspecified atom stereocenters.